The van der Waals surface area contributed by atoms with E-state index in [9.17, 15) is 0 Å². The first kappa shape index (κ1) is 19.1. The summed E-state index contributed by atoms with van der Waals surface area (Å²) in [7, 11) is 0. The van der Waals surface area contributed by atoms with Crippen LogP contribution in [0.15, 0.2) is 36.4 Å². The van der Waals surface area contributed by atoms with Crippen LogP contribution in [0.1, 0.15) is 55.0 Å². The van der Waals surface area contributed by atoms with Crippen LogP contribution in [0.4, 0.5) is 0 Å². The fourth-order valence-corrected chi connectivity index (χ4v) is 3.57. The van der Waals surface area contributed by atoms with Gasteiger partial charge >= 0.3 is 0 Å². The molecular weight excluding hydrogens is 312 g/mol. The van der Waals surface area contributed by atoms with Gasteiger partial charge in [-0.2, -0.15) is 0 Å². The number of rotatable bonds is 7. The molecule has 0 aliphatic heterocycles. The molecule has 2 aromatic rings. The van der Waals surface area contributed by atoms with E-state index in [2.05, 4.69) is 71.0 Å². The van der Waals surface area contributed by atoms with Gasteiger partial charge in [0, 0.05) is 5.02 Å². The smallest absolute Gasteiger partial charge is 0.0437 e. The highest BCUT2D eigenvalue weighted by Gasteiger charge is 2.08. The molecule has 0 N–H and O–H groups in total. The fraction of sp³-hybridized carbons (Fsp3) is 0.478. The second-order valence-electron chi connectivity index (χ2n) is 7.86. The molecule has 0 bridgehead atoms. The lowest BCUT2D eigenvalue weighted by Crippen LogP contribution is -2.03. The Labute approximate surface area is 153 Å². The summed E-state index contributed by atoms with van der Waals surface area (Å²) in [6, 6.07) is 13.6. The molecule has 2 rings (SSSR count). The Morgan fingerprint density at radius 2 is 1.54 bits per heavy atom. The molecule has 2 aromatic carbocycles. The summed E-state index contributed by atoms with van der Waals surface area (Å²) in [6.07, 6.45) is 4.65. The van der Waals surface area contributed by atoms with Crippen molar-refractivity contribution in [3.63, 3.8) is 0 Å². The van der Waals surface area contributed by atoms with E-state index >= 15 is 0 Å². The van der Waals surface area contributed by atoms with Gasteiger partial charge in [-0.15, -0.1) is 0 Å². The topological polar surface area (TPSA) is 0 Å². The van der Waals surface area contributed by atoms with Crippen molar-refractivity contribution in [1.82, 2.24) is 0 Å². The molecule has 0 saturated heterocycles. The van der Waals surface area contributed by atoms with E-state index in [1.54, 1.807) is 0 Å². The van der Waals surface area contributed by atoms with Gasteiger partial charge < -0.3 is 0 Å². The van der Waals surface area contributed by atoms with E-state index in [4.69, 9.17) is 11.6 Å². The minimum Gasteiger partial charge on any atom is -0.0840 e. The first-order chi connectivity index (χ1) is 11.3. The lowest BCUT2D eigenvalue weighted by Gasteiger charge is -2.14. The van der Waals surface area contributed by atoms with Crippen molar-refractivity contribution in [2.75, 3.05) is 0 Å². The zero-order valence-corrected chi connectivity index (χ0v) is 16.6. The fourth-order valence-electron chi connectivity index (χ4n) is 3.36. The Morgan fingerprint density at radius 3 is 2.21 bits per heavy atom. The largest absolute Gasteiger partial charge is 0.0840 e. The van der Waals surface area contributed by atoms with Gasteiger partial charge in [0.05, 0.1) is 0 Å². The molecule has 0 amide bonds. The van der Waals surface area contributed by atoms with E-state index in [1.165, 1.54) is 35.1 Å². The zero-order valence-electron chi connectivity index (χ0n) is 15.8. The van der Waals surface area contributed by atoms with Crippen LogP contribution < -0.4 is 0 Å². The van der Waals surface area contributed by atoms with Crippen molar-refractivity contribution in [3.8, 4) is 0 Å². The standard InChI is InChI=1S/C23H31Cl/c1-16(2)10-22-13-18(4)12-20(14-22)8-6-17(3)11-21-9-7-19(5)23(24)15-21/h7,9,12-17H,6,8,10-11H2,1-5H3. The lowest BCUT2D eigenvalue weighted by atomic mass is 9.92. The normalized spacial score (nSPS) is 12.6. The SMILES string of the molecule is Cc1cc(CCC(C)Cc2ccc(C)c(Cl)c2)cc(CC(C)C)c1. The van der Waals surface area contributed by atoms with Crippen LogP contribution in [0.5, 0.6) is 0 Å². The monoisotopic (exact) mass is 342 g/mol. The molecule has 1 atom stereocenters. The van der Waals surface area contributed by atoms with E-state index < -0.39 is 0 Å². The average Bonchev–Trinajstić information content (AvgIpc) is 2.48. The Kier molecular flexibility index (Phi) is 6.92. The van der Waals surface area contributed by atoms with Crippen LogP contribution in [0, 0.1) is 25.7 Å². The Hall–Kier alpha value is -1.27. The van der Waals surface area contributed by atoms with Crippen LogP contribution in [0.2, 0.25) is 5.02 Å². The maximum absolute atomic E-state index is 6.25. The van der Waals surface area contributed by atoms with Crippen LogP contribution in [0.25, 0.3) is 0 Å². The van der Waals surface area contributed by atoms with Crippen molar-refractivity contribution in [3.05, 3.63) is 69.2 Å². The third kappa shape index (κ3) is 5.98. The molecule has 0 fully saturated rings. The molecule has 0 heterocycles. The second-order valence-corrected chi connectivity index (χ2v) is 8.26. The molecule has 0 saturated carbocycles. The highest BCUT2D eigenvalue weighted by Crippen LogP contribution is 2.22. The molecule has 130 valence electrons. The molecule has 1 unspecified atom stereocenters. The molecule has 1 heteroatoms. The quantitative estimate of drug-likeness (QED) is 0.509. The maximum atomic E-state index is 6.25. The van der Waals surface area contributed by atoms with Crippen molar-refractivity contribution >= 4 is 11.6 Å². The first-order valence-corrected chi connectivity index (χ1v) is 9.55. The Morgan fingerprint density at radius 1 is 0.833 bits per heavy atom. The van der Waals surface area contributed by atoms with Crippen LogP contribution in [-0.2, 0) is 19.3 Å². The van der Waals surface area contributed by atoms with E-state index in [-0.39, 0.29) is 0 Å². The first-order valence-electron chi connectivity index (χ1n) is 9.18. The van der Waals surface area contributed by atoms with Gasteiger partial charge in [-0.05, 0) is 79.7 Å². The summed E-state index contributed by atoms with van der Waals surface area (Å²) < 4.78 is 0. The summed E-state index contributed by atoms with van der Waals surface area (Å²) in [5.41, 5.74) is 6.87. The minimum atomic E-state index is 0.665. The molecule has 0 spiro atoms. The molecule has 0 aliphatic carbocycles. The number of hydrogen-bond donors (Lipinski definition) is 0. The van der Waals surface area contributed by atoms with Crippen molar-refractivity contribution in [2.24, 2.45) is 11.8 Å². The van der Waals surface area contributed by atoms with Crippen LogP contribution in [0.3, 0.4) is 0 Å². The lowest BCUT2D eigenvalue weighted by molar-refractivity contribution is 0.530. The van der Waals surface area contributed by atoms with Gasteiger partial charge in [-0.3, -0.25) is 0 Å². The summed E-state index contributed by atoms with van der Waals surface area (Å²) in [5.74, 6) is 1.38. The predicted octanol–water partition coefficient (Wildman–Crippen LogP) is 6.97. The Bertz CT molecular complexity index is 670. The number of halogens is 1. The van der Waals surface area contributed by atoms with E-state index in [0.29, 0.717) is 11.8 Å². The molecule has 0 nitrogen and oxygen atoms in total. The van der Waals surface area contributed by atoms with E-state index in [0.717, 1.165) is 23.4 Å². The summed E-state index contributed by atoms with van der Waals surface area (Å²) in [5, 5.41) is 0.886. The van der Waals surface area contributed by atoms with Gasteiger partial charge in [0.1, 0.15) is 0 Å². The molecule has 0 radical (unpaired) electrons. The summed E-state index contributed by atoms with van der Waals surface area (Å²) in [4.78, 5) is 0. The molecular formula is C23H31Cl. The van der Waals surface area contributed by atoms with Gasteiger partial charge in [0.25, 0.3) is 0 Å². The van der Waals surface area contributed by atoms with Gasteiger partial charge in [0.15, 0.2) is 0 Å². The second kappa shape index (κ2) is 8.72. The van der Waals surface area contributed by atoms with Crippen molar-refractivity contribution in [1.29, 1.82) is 0 Å². The van der Waals surface area contributed by atoms with Gasteiger partial charge in [0.2, 0.25) is 0 Å². The highest BCUT2D eigenvalue weighted by atomic mass is 35.5. The number of aryl methyl sites for hydroxylation is 3. The summed E-state index contributed by atoms with van der Waals surface area (Å²) >= 11 is 6.25. The number of hydrogen-bond acceptors (Lipinski definition) is 0. The molecule has 0 aromatic heterocycles. The third-order valence-electron chi connectivity index (χ3n) is 4.59. The maximum Gasteiger partial charge on any atom is 0.0437 e. The van der Waals surface area contributed by atoms with Crippen molar-refractivity contribution < 1.29 is 0 Å². The predicted molar refractivity (Wildman–Crippen MR) is 107 cm³/mol. The summed E-state index contributed by atoms with van der Waals surface area (Å²) in [6.45, 7) is 11.2. The number of benzene rings is 2. The third-order valence-corrected chi connectivity index (χ3v) is 4.99. The van der Waals surface area contributed by atoms with E-state index in [1.807, 2.05) is 0 Å². The molecule has 24 heavy (non-hydrogen) atoms. The zero-order chi connectivity index (χ0) is 17.7. The Balaban J connectivity index is 1.94. The van der Waals surface area contributed by atoms with Gasteiger partial charge in [-0.1, -0.05) is 68.3 Å². The average molecular weight is 343 g/mol. The van der Waals surface area contributed by atoms with Crippen molar-refractivity contribution in [2.45, 2.75) is 60.3 Å². The molecule has 0 aliphatic rings. The van der Waals surface area contributed by atoms with Crippen LogP contribution in [-0.4, -0.2) is 0 Å². The van der Waals surface area contributed by atoms with Gasteiger partial charge in [-0.25, -0.2) is 0 Å². The van der Waals surface area contributed by atoms with Crippen LogP contribution >= 0.6 is 11.6 Å². The minimum absolute atomic E-state index is 0.665. The highest BCUT2D eigenvalue weighted by molar-refractivity contribution is 6.31.